The first-order chi connectivity index (χ1) is 30.7. The van der Waals surface area contributed by atoms with Crippen molar-refractivity contribution in [2.24, 2.45) is 20.0 Å². The number of rotatable bonds is 15. The summed E-state index contributed by atoms with van der Waals surface area (Å²) >= 11 is 0. The van der Waals surface area contributed by atoms with Gasteiger partial charge in [-0.1, -0.05) is 0 Å². The van der Waals surface area contributed by atoms with Crippen LogP contribution in [-0.4, -0.2) is 135 Å². The topological polar surface area (TPSA) is 271 Å². The Balaban J connectivity index is 0.000000941. The molecule has 3 heterocycles. The molecule has 0 N–H and O–H groups in total. The summed E-state index contributed by atoms with van der Waals surface area (Å²) in [5.74, 6) is 0.563. The lowest BCUT2D eigenvalue weighted by atomic mass is 10.2. The standard InChI is InChI=1S/C19H31N6.3C2F6NO4S2/c1-19-4-5-23(16-19)13-10-22(11-14-24-8-6-20(2)17-24)12-15-25-9-7-21(3)18-25;3*3-1(4,5)14(10,11)9-15(12,13)2(6,7)8/h4-9,16-19H,10-15H2,1-3H3;;;/q+3;3*-1. The number of sulfonamides is 6. The summed E-state index contributed by atoms with van der Waals surface area (Å²) in [7, 11) is -36.2. The van der Waals surface area contributed by atoms with Gasteiger partial charge in [-0.3, -0.25) is 4.90 Å². The lowest BCUT2D eigenvalue weighted by Crippen LogP contribution is -2.35. The van der Waals surface area contributed by atoms with Gasteiger partial charge in [0.25, 0.3) is 0 Å². The minimum Gasteiger partial charge on any atom is -0.421 e. The van der Waals surface area contributed by atoms with Gasteiger partial charge in [-0.15, -0.1) is 0 Å². The third-order valence-corrected chi connectivity index (χ3v) is 15.2. The SMILES string of the molecule is CC1C=C[N+](CCN(CCn2cc[n+](C)c2)CCn2cc[n+](C)c2)=C1.O=S(=O)([N-]S(=O)(=O)C(F)(F)F)C(F)(F)F.O=S(=O)([N-]S(=O)(=O)C(F)(F)F)C(F)(F)F.O=S(=O)([N-]S(=O)(=O)C(F)(F)F)C(F)(F)F. The van der Waals surface area contributed by atoms with Crippen LogP contribution in [0.15, 0.2) is 49.7 Å². The van der Waals surface area contributed by atoms with Crippen molar-refractivity contribution in [3.05, 3.63) is 62.1 Å². The van der Waals surface area contributed by atoms with E-state index in [2.05, 4.69) is 105 Å². The van der Waals surface area contributed by atoms with Gasteiger partial charge in [-0.25, -0.2) is 73.4 Å². The van der Waals surface area contributed by atoms with Crippen LogP contribution in [0.2, 0.25) is 0 Å². The van der Waals surface area contributed by atoms with Gasteiger partial charge < -0.3 is 12.4 Å². The molecule has 70 heavy (non-hydrogen) atoms. The smallest absolute Gasteiger partial charge is 0.421 e. The molecule has 0 saturated carbocycles. The van der Waals surface area contributed by atoms with E-state index < -0.39 is 93.2 Å². The molecular formula is C25H31F18N9O12S6. The quantitative estimate of drug-likeness (QED) is 0.183. The number of aryl methyl sites for hydroxylation is 2. The molecule has 45 heteroatoms. The summed E-state index contributed by atoms with van der Waals surface area (Å²) in [5, 5.41) is 0. The lowest BCUT2D eigenvalue weighted by molar-refractivity contribution is -0.671. The van der Waals surface area contributed by atoms with Crippen LogP contribution >= 0.6 is 0 Å². The molecular weight excluding hydrogens is 1150 g/mol. The van der Waals surface area contributed by atoms with Crippen molar-refractivity contribution in [2.45, 2.75) is 53.1 Å². The molecule has 0 aliphatic carbocycles. The number of hydrogen-bond acceptors (Lipinski definition) is 13. The Morgan fingerprint density at radius 1 is 0.471 bits per heavy atom. The Morgan fingerprint density at radius 3 is 0.914 bits per heavy atom. The third kappa shape index (κ3) is 21.1. The number of hydrogen-bond donors (Lipinski definition) is 0. The molecule has 0 saturated heterocycles. The molecule has 0 amide bonds. The van der Waals surface area contributed by atoms with Gasteiger partial charge in [0.05, 0.1) is 26.6 Å². The van der Waals surface area contributed by atoms with Crippen molar-refractivity contribution in [3.8, 4) is 0 Å². The average Bonchev–Trinajstić information content (AvgIpc) is 3.85. The molecule has 0 aromatic carbocycles. The number of aromatic nitrogens is 4. The predicted octanol–water partition coefficient (Wildman–Crippen LogP) is 3.37. The zero-order valence-corrected chi connectivity index (χ0v) is 39.1. The summed E-state index contributed by atoms with van der Waals surface area (Å²) in [6.45, 7) is 8.54. The molecule has 2 aromatic heterocycles. The minimum atomic E-state index is -6.72. The van der Waals surface area contributed by atoms with Crippen molar-refractivity contribution in [1.82, 2.24) is 14.0 Å². The van der Waals surface area contributed by atoms with E-state index in [1.165, 1.54) is 0 Å². The number of halogens is 18. The first-order valence-electron chi connectivity index (χ1n) is 16.8. The van der Waals surface area contributed by atoms with Gasteiger partial charge in [-0.05, 0) is 13.0 Å². The van der Waals surface area contributed by atoms with Gasteiger partial charge in [-0.2, -0.15) is 79.0 Å². The molecule has 2 aromatic rings. The van der Waals surface area contributed by atoms with Crippen LogP contribution in [0.25, 0.3) is 12.4 Å². The second-order valence-corrected chi connectivity index (χ2v) is 23.1. The molecule has 3 rings (SSSR count). The molecule has 0 fully saturated rings. The molecule has 1 aliphatic heterocycles. The zero-order chi connectivity index (χ0) is 55.8. The molecule has 0 bridgehead atoms. The number of imidazole rings is 2. The van der Waals surface area contributed by atoms with Crippen molar-refractivity contribution < 1.29 is 143 Å². The van der Waals surface area contributed by atoms with E-state index in [9.17, 15) is 130 Å². The van der Waals surface area contributed by atoms with E-state index in [1.807, 2.05) is 0 Å². The summed E-state index contributed by atoms with van der Waals surface area (Å²) < 4.78 is 339. The van der Waals surface area contributed by atoms with Gasteiger partial charge in [0, 0.05) is 13.1 Å². The van der Waals surface area contributed by atoms with Crippen LogP contribution in [0.1, 0.15) is 6.92 Å². The Hall–Kier alpha value is -3.89. The van der Waals surface area contributed by atoms with E-state index in [-0.39, 0.29) is 0 Å². The Morgan fingerprint density at radius 2 is 0.729 bits per heavy atom. The van der Waals surface area contributed by atoms with Gasteiger partial charge in [0.2, 0.25) is 12.7 Å². The Kier molecular flexibility index (Phi) is 22.0. The highest BCUT2D eigenvalue weighted by Gasteiger charge is 2.49. The largest absolute Gasteiger partial charge is 0.480 e. The monoisotopic (exact) mass is 1180 g/mol. The third-order valence-electron chi connectivity index (χ3n) is 7.02. The maximum Gasteiger partial charge on any atom is 0.480 e. The van der Waals surface area contributed by atoms with E-state index >= 15 is 0 Å². The predicted molar refractivity (Wildman–Crippen MR) is 197 cm³/mol. The molecule has 1 unspecified atom stereocenters. The van der Waals surface area contributed by atoms with Gasteiger partial charge in [0.1, 0.15) is 37.9 Å². The summed E-state index contributed by atoms with van der Waals surface area (Å²) in [4.78, 5) is 2.56. The highest BCUT2D eigenvalue weighted by molar-refractivity contribution is 8.14. The maximum atomic E-state index is 11.4. The van der Waals surface area contributed by atoms with Crippen molar-refractivity contribution in [1.29, 1.82) is 0 Å². The average molecular weight is 1180 g/mol. The number of nitrogens with zero attached hydrogens (tertiary/aromatic N) is 9. The number of alkyl halides is 18. The Bertz CT molecular complexity index is 2440. The van der Waals surface area contributed by atoms with Crippen LogP contribution in [0.5, 0.6) is 0 Å². The second kappa shape index (κ2) is 23.3. The van der Waals surface area contributed by atoms with Crippen LogP contribution in [0, 0.1) is 5.92 Å². The molecule has 0 radical (unpaired) electrons. The van der Waals surface area contributed by atoms with Crippen molar-refractivity contribution >= 4 is 66.4 Å². The summed E-state index contributed by atoms with van der Waals surface area (Å²) in [6, 6.07) is 0. The lowest BCUT2D eigenvalue weighted by Gasteiger charge is -2.22. The molecule has 0 spiro atoms. The van der Waals surface area contributed by atoms with Crippen LogP contribution in [-0.2, 0) is 87.3 Å². The van der Waals surface area contributed by atoms with Gasteiger partial charge in [0.15, 0.2) is 79.1 Å². The Labute approximate surface area is 384 Å². The van der Waals surface area contributed by atoms with Crippen LogP contribution in [0.4, 0.5) is 79.0 Å². The minimum absolute atomic E-state index is 0.563. The fourth-order valence-electron chi connectivity index (χ4n) is 3.81. The van der Waals surface area contributed by atoms with E-state index in [0.717, 1.165) is 51.7 Å². The highest BCUT2D eigenvalue weighted by atomic mass is 32.3. The normalized spacial score (nSPS) is 15.9. The van der Waals surface area contributed by atoms with Crippen molar-refractivity contribution in [2.75, 3.05) is 26.2 Å². The molecule has 1 aliphatic rings. The molecule has 410 valence electrons. The fourth-order valence-corrected chi connectivity index (χ4v) is 8.94. The fraction of sp³-hybridized carbons (Fsp3) is 0.640. The van der Waals surface area contributed by atoms with E-state index in [1.54, 1.807) is 0 Å². The van der Waals surface area contributed by atoms with E-state index in [4.69, 9.17) is 0 Å². The second-order valence-electron chi connectivity index (χ2n) is 12.8. The van der Waals surface area contributed by atoms with Crippen LogP contribution in [0.3, 0.4) is 0 Å². The summed E-state index contributed by atoms with van der Waals surface area (Å²) in [5.41, 5.74) is -37.2. The first kappa shape index (κ1) is 66.1. The maximum absolute atomic E-state index is 11.4. The van der Waals surface area contributed by atoms with Gasteiger partial charge >= 0.3 is 33.0 Å². The van der Waals surface area contributed by atoms with Crippen LogP contribution < -0.4 is 9.13 Å². The highest BCUT2D eigenvalue weighted by Crippen LogP contribution is 2.38. The molecule has 1 atom stereocenters. The zero-order valence-electron chi connectivity index (χ0n) is 34.2. The summed E-state index contributed by atoms with van der Waals surface area (Å²) in [6.07, 6.45) is 19.5. The van der Waals surface area contributed by atoms with Crippen molar-refractivity contribution in [3.63, 3.8) is 0 Å². The number of allylic oxidation sites excluding steroid dienone is 1. The van der Waals surface area contributed by atoms with E-state index in [0.29, 0.717) is 5.92 Å². The first-order valence-corrected chi connectivity index (χ1v) is 25.5. The molecule has 21 nitrogen and oxygen atoms in total.